The van der Waals surface area contributed by atoms with Crippen molar-refractivity contribution >= 4 is 23.3 Å². The standard InChI is InChI=1S/C16H14ClN5O2/c1-11-18-6-7-22(11)15-8-14(19-10-20-15)21-16(23)9-24-13-4-2-12(17)3-5-13/h2-8,10H,9H2,1H3,(H,19,20,21,23). The van der Waals surface area contributed by atoms with Crippen LogP contribution in [0.1, 0.15) is 5.82 Å². The van der Waals surface area contributed by atoms with Gasteiger partial charge in [-0.05, 0) is 31.2 Å². The Morgan fingerprint density at radius 3 is 2.75 bits per heavy atom. The predicted molar refractivity (Wildman–Crippen MR) is 89.5 cm³/mol. The normalized spacial score (nSPS) is 10.4. The summed E-state index contributed by atoms with van der Waals surface area (Å²) in [5, 5.41) is 3.28. The molecular formula is C16H14ClN5O2. The van der Waals surface area contributed by atoms with Crippen LogP contribution in [0.5, 0.6) is 5.75 Å². The summed E-state index contributed by atoms with van der Waals surface area (Å²) in [6, 6.07) is 8.44. The minimum Gasteiger partial charge on any atom is -0.484 e. The van der Waals surface area contributed by atoms with Gasteiger partial charge in [-0.15, -0.1) is 0 Å². The first kappa shape index (κ1) is 15.9. The number of hydrogen-bond donors (Lipinski definition) is 1. The number of hydrogen-bond acceptors (Lipinski definition) is 5. The lowest BCUT2D eigenvalue weighted by molar-refractivity contribution is -0.118. The summed E-state index contributed by atoms with van der Waals surface area (Å²) < 4.78 is 7.18. The number of amides is 1. The van der Waals surface area contributed by atoms with E-state index in [4.69, 9.17) is 16.3 Å². The van der Waals surface area contributed by atoms with Gasteiger partial charge < -0.3 is 10.1 Å². The molecule has 2 aromatic heterocycles. The highest BCUT2D eigenvalue weighted by Crippen LogP contribution is 2.15. The maximum atomic E-state index is 12.0. The minimum atomic E-state index is -0.322. The molecule has 0 radical (unpaired) electrons. The highest BCUT2D eigenvalue weighted by Gasteiger charge is 2.08. The van der Waals surface area contributed by atoms with E-state index in [1.165, 1.54) is 6.33 Å². The van der Waals surface area contributed by atoms with Gasteiger partial charge in [0.2, 0.25) is 0 Å². The summed E-state index contributed by atoms with van der Waals surface area (Å²) in [7, 11) is 0. The van der Waals surface area contributed by atoms with Crippen LogP contribution in [0.2, 0.25) is 5.02 Å². The first-order valence-electron chi connectivity index (χ1n) is 7.12. The number of rotatable bonds is 5. The Kier molecular flexibility index (Phi) is 4.72. The molecule has 8 heteroatoms. The van der Waals surface area contributed by atoms with E-state index in [0.29, 0.717) is 22.4 Å². The number of anilines is 1. The maximum Gasteiger partial charge on any atom is 0.263 e. The molecule has 0 unspecified atom stereocenters. The van der Waals surface area contributed by atoms with Gasteiger partial charge in [0.25, 0.3) is 5.91 Å². The van der Waals surface area contributed by atoms with Crippen molar-refractivity contribution in [2.45, 2.75) is 6.92 Å². The van der Waals surface area contributed by atoms with Gasteiger partial charge in [-0.1, -0.05) is 11.6 Å². The lowest BCUT2D eigenvalue weighted by Gasteiger charge is -2.08. The summed E-state index contributed by atoms with van der Waals surface area (Å²) in [6.07, 6.45) is 4.84. The van der Waals surface area contributed by atoms with Gasteiger partial charge in [0.1, 0.15) is 29.5 Å². The van der Waals surface area contributed by atoms with Crippen LogP contribution in [-0.2, 0) is 4.79 Å². The summed E-state index contributed by atoms with van der Waals surface area (Å²) in [5.74, 6) is 2.03. The van der Waals surface area contributed by atoms with Gasteiger partial charge >= 0.3 is 0 Å². The Morgan fingerprint density at radius 2 is 2.04 bits per heavy atom. The smallest absolute Gasteiger partial charge is 0.263 e. The number of nitrogens with one attached hydrogen (secondary N) is 1. The monoisotopic (exact) mass is 343 g/mol. The van der Waals surface area contributed by atoms with Crippen LogP contribution >= 0.6 is 11.6 Å². The molecule has 0 aliphatic carbocycles. The molecule has 3 rings (SSSR count). The number of nitrogens with zero attached hydrogens (tertiary/aromatic N) is 4. The number of imidazole rings is 1. The van der Waals surface area contributed by atoms with Crippen molar-refractivity contribution in [3.05, 3.63) is 59.9 Å². The second-order valence-corrected chi connectivity index (χ2v) is 5.33. The molecule has 1 amide bonds. The Bertz CT molecular complexity index is 848. The van der Waals surface area contributed by atoms with E-state index in [2.05, 4.69) is 20.3 Å². The van der Waals surface area contributed by atoms with Crippen LogP contribution in [0.25, 0.3) is 5.82 Å². The topological polar surface area (TPSA) is 81.9 Å². The van der Waals surface area contributed by atoms with E-state index in [1.807, 2.05) is 6.92 Å². The number of halogens is 1. The Morgan fingerprint density at radius 1 is 1.25 bits per heavy atom. The fourth-order valence-electron chi connectivity index (χ4n) is 2.03. The molecule has 0 fully saturated rings. The quantitative estimate of drug-likeness (QED) is 0.770. The molecule has 1 aromatic carbocycles. The largest absolute Gasteiger partial charge is 0.484 e. The van der Waals surface area contributed by atoms with Gasteiger partial charge in [0, 0.05) is 23.5 Å². The maximum absolute atomic E-state index is 12.0. The second-order valence-electron chi connectivity index (χ2n) is 4.90. The third-order valence-corrected chi connectivity index (χ3v) is 3.43. The molecule has 24 heavy (non-hydrogen) atoms. The third kappa shape index (κ3) is 3.88. The second kappa shape index (κ2) is 7.10. The van der Waals surface area contributed by atoms with Crippen molar-refractivity contribution < 1.29 is 9.53 Å². The van der Waals surface area contributed by atoms with Gasteiger partial charge in [-0.25, -0.2) is 15.0 Å². The lowest BCUT2D eigenvalue weighted by atomic mass is 10.3. The van der Waals surface area contributed by atoms with Crippen LogP contribution in [0.15, 0.2) is 49.1 Å². The molecule has 0 aliphatic heterocycles. The summed E-state index contributed by atoms with van der Waals surface area (Å²) in [5.41, 5.74) is 0. The van der Waals surface area contributed by atoms with Crippen molar-refractivity contribution in [1.29, 1.82) is 0 Å². The molecule has 0 bridgehead atoms. The van der Waals surface area contributed by atoms with Crippen molar-refractivity contribution in [3.8, 4) is 11.6 Å². The molecule has 0 atom stereocenters. The molecule has 7 nitrogen and oxygen atoms in total. The average Bonchev–Trinajstić information content (AvgIpc) is 3.01. The van der Waals surface area contributed by atoms with E-state index in [1.54, 1.807) is 47.3 Å². The third-order valence-electron chi connectivity index (χ3n) is 3.18. The Labute approximate surface area is 143 Å². The van der Waals surface area contributed by atoms with Gasteiger partial charge in [-0.2, -0.15) is 0 Å². The number of benzene rings is 1. The highest BCUT2D eigenvalue weighted by molar-refractivity contribution is 6.30. The van der Waals surface area contributed by atoms with Crippen LogP contribution in [0, 0.1) is 6.92 Å². The molecular weight excluding hydrogens is 330 g/mol. The van der Waals surface area contributed by atoms with Crippen molar-refractivity contribution in [2.24, 2.45) is 0 Å². The van der Waals surface area contributed by atoms with E-state index in [-0.39, 0.29) is 12.5 Å². The molecule has 0 saturated heterocycles. The molecule has 3 aromatic rings. The summed E-state index contributed by atoms with van der Waals surface area (Å²) >= 11 is 5.79. The van der Waals surface area contributed by atoms with E-state index < -0.39 is 0 Å². The SMILES string of the molecule is Cc1nccn1-c1cc(NC(=O)COc2ccc(Cl)cc2)ncn1. The van der Waals surface area contributed by atoms with Crippen LogP contribution in [0.4, 0.5) is 5.82 Å². The summed E-state index contributed by atoms with van der Waals surface area (Å²) in [4.78, 5) is 24.3. The Hall–Kier alpha value is -2.93. The van der Waals surface area contributed by atoms with Crippen molar-refractivity contribution in [1.82, 2.24) is 19.5 Å². The first-order chi connectivity index (χ1) is 11.6. The first-order valence-corrected chi connectivity index (χ1v) is 7.50. The number of aryl methyl sites for hydroxylation is 1. The zero-order valence-electron chi connectivity index (χ0n) is 12.8. The highest BCUT2D eigenvalue weighted by atomic mass is 35.5. The fourth-order valence-corrected chi connectivity index (χ4v) is 2.15. The molecule has 0 aliphatic rings. The molecule has 1 N–H and O–H groups in total. The summed E-state index contributed by atoms with van der Waals surface area (Å²) in [6.45, 7) is 1.73. The zero-order chi connectivity index (χ0) is 16.9. The number of ether oxygens (including phenoxy) is 1. The van der Waals surface area contributed by atoms with Gasteiger partial charge in [-0.3, -0.25) is 9.36 Å². The number of carbonyl (C=O) groups excluding carboxylic acids is 1. The van der Waals surface area contributed by atoms with Gasteiger partial charge in [0.05, 0.1) is 0 Å². The van der Waals surface area contributed by atoms with Crippen LogP contribution in [-0.4, -0.2) is 32.0 Å². The molecule has 0 saturated carbocycles. The lowest BCUT2D eigenvalue weighted by Crippen LogP contribution is -2.21. The molecule has 122 valence electrons. The van der Waals surface area contributed by atoms with Crippen LogP contribution in [0.3, 0.4) is 0 Å². The fraction of sp³-hybridized carbons (Fsp3) is 0.125. The molecule has 0 spiro atoms. The van der Waals surface area contributed by atoms with E-state index in [9.17, 15) is 4.79 Å². The van der Waals surface area contributed by atoms with E-state index in [0.717, 1.165) is 5.82 Å². The van der Waals surface area contributed by atoms with Crippen molar-refractivity contribution in [3.63, 3.8) is 0 Å². The number of aromatic nitrogens is 4. The van der Waals surface area contributed by atoms with Crippen LogP contribution < -0.4 is 10.1 Å². The van der Waals surface area contributed by atoms with Crippen molar-refractivity contribution in [2.75, 3.05) is 11.9 Å². The minimum absolute atomic E-state index is 0.134. The zero-order valence-corrected chi connectivity index (χ0v) is 13.6. The average molecular weight is 344 g/mol. The molecule has 2 heterocycles. The predicted octanol–water partition coefficient (Wildman–Crippen LogP) is 2.64. The van der Waals surface area contributed by atoms with Gasteiger partial charge in [0.15, 0.2) is 6.61 Å². The van der Waals surface area contributed by atoms with E-state index >= 15 is 0 Å². The number of carbonyl (C=O) groups is 1. The Balaban J connectivity index is 1.62.